The fourth-order valence-corrected chi connectivity index (χ4v) is 2.33. The van der Waals surface area contributed by atoms with Gasteiger partial charge in [0.2, 0.25) is 5.91 Å². The lowest BCUT2D eigenvalue weighted by Gasteiger charge is -2.15. The lowest BCUT2D eigenvalue weighted by molar-refractivity contribution is -0.121. The van der Waals surface area contributed by atoms with Crippen molar-refractivity contribution in [3.8, 4) is 11.5 Å². The Balaban J connectivity index is 2.49. The second-order valence-electron chi connectivity index (χ2n) is 6.12. The van der Waals surface area contributed by atoms with Crippen LogP contribution in [0.25, 0.3) is 0 Å². The molecule has 0 aliphatic heterocycles. The fourth-order valence-electron chi connectivity index (χ4n) is 2.33. The van der Waals surface area contributed by atoms with Crippen LogP contribution in [0.5, 0.6) is 11.5 Å². The van der Waals surface area contributed by atoms with E-state index >= 15 is 0 Å². The number of amides is 1. The van der Waals surface area contributed by atoms with Crippen molar-refractivity contribution in [1.29, 1.82) is 0 Å². The molecule has 0 bridgehead atoms. The first-order valence-corrected chi connectivity index (χ1v) is 7.96. The Bertz CT molecular complexity index is 471. The fraction of sp³-hybridized carbons (Fsp3) is 0.611. The summed E-state index contributed by atoms with van der Waals surface area (Å²) in [5, 5.41) is 3.06. The highest BCUT2D eigenvalue weighted by molar-refractivity contribution is 5.76. The number of carbonyl (C=O) groups excluding carboxylic acids is 1. The van der Waals surface area contributed by atoms with Gasteiger partial charge in [0, 0.05) is 12.5 Å². The molecule has 1 N–H and O–H groups in total. The maximum absolute atomic E-state index is 12.0. The number of nitrogens with one attached hydrogen (secondary N) is 1. The van der Waals surface area contributed by atoms with Gasteiger partial charge in [-0.3, -0.25) is 4.79 Å². The number of aryl methyl sites for hydroxylation is 1. The van der Waals surface area contributed by atoms with Crippen molar-refractivity contribution >= 4 is 5.91 Å². The van der Waals surface area contributed by atoms with Crippen molar-refractivity contribution in [1.82, 2.24) is 5.32 Å². The van der Waals surface area contributed by atoms with Gasteiger partial charge >= 0.3 is 0 Å². The normalized spacial score (nSPS) is 12.1. The Morgan fingerprint density at radius 3 is 2.45 bits per heavy atom. The molecular weight excluding hydrogens is 278 g/mol. The molecule has 4 heteroatoms. The van der Waals surface area contributed by atoms with Gasteiger partial charge in [-0.1, -0.05) is 13.8 Å². The third kappa shape index (κ3) is 6.37. The summed E-state index contributed by atoms with van der Waals surface area (Å²) in [6.45, 7) is 6.46. The summed E-state index contributed by atoms with van der Waals surface area (Å²) in [6, 6.07) is 5.88. The first-order valence-electron chi connectivity index (χ1n) is 7.96. The Hall–Kier alpha value is -1.71. The van der Waals surface area contributed by atoms with E-state index in [0.29, 0.717) is 18.8 Å². The smallest absolute Gasteiger partial charge is 0.220 e. The molecule has 0 saturated carbocycles. The summed E-state index contributed by atoms with van der Waals surface area (Å²) in [6.07, 6.45) is 3.25. The van der Waals surface area contributed by atoms with Crippen LogP contribution in [-0.2, 0) is 11.2 Å². The van der Waals surface area contributed by atoms with Gasteiger partial charge in [-0.15, -0.1) is 0 Å². The van der Waals surface area contributed by atoms with Crippen LogP contribution in [0.1, 0.15) is 45.6 Å². The molecular formula is C18H29NO3. The maximum atomic E-state index is 12.0. The molecule has 22 heavy (non-hydrogen) atoms. The molecule has 124 valence electrons. The minimum absolute atomic E-state index is 0.0844. The van der Waals surface area contributed by atoms with Crippen LogP contribution in [0.4, 0.5) is 0 Å². The zero-order valence-electron chi connectivity index (χ0n) is 14.4. The van der Waals surface area contributed by atoms with Gasteiger partial charge < -0.3 is 14.8 Å². The molecule has 0 aromatic heterocycles. The lowest BCUT2D eigenvalue weighted by atomic mass is 10.0. The van der Waals surface area contributed by atoms with Gasteiger partial charge in [-0.2, -0.15) is 0 Å². The molecule has 0 heterocycles. The Morgan fingerprint density at radius 1 is 1.14 bits per heavy atom. The highest BCUT2D eigenvalue weighted by Gasteiger charge is 2.11. The average molecular weight is 307 g/mol. The first kappa shape index (κ1) is 18.3. The van der Waals surface area contributed by atoms with Crippen molar-refractivity contribution in [3.05, 3.63) is 23.8 Å². The van der Waals surface area contributed by atoms with Crippen LogP contribution < -0.4 is 14.8 Å². The van der Waals surface area contributed by atoms with Crippen LogP contribution in [0.3, 0.4) is 0 Å². The highest BCUT2D eigenvalue weighted by Crippen LogP contribution is 2.25. The summed E-state index contributed by atoms with van der Waals surface area (Å²) in [4.78, 5) is 12.0. The monoisotopic (exact) mass is 307 g/mol. The molecule has 1 amide bonds. The van der Waals surface area contributed by atoms with Gasteiger partial charge in [0.05, 0.1) is 14.2 Å². The van der Waals surface area contributed by atoms with Gasteiger partial charge in [0.25, 0.3) is 0 Å². The topological polar surface area (TPSA) is 47.6 Å². The zero-order valence-corrected chi connectivity index (χ0v) is 14.4. The molecule has 1 aromatic carbocycles. The molecule has 1 unspecified atom stereocenters. The van der Waals surface area contributed by atoms with E-state index in [1.54, 1.807) is 14.2 Å². The largest absolute Gasteiger partial charge is 0.497 e. The van der Waals surface area contributed by atoms with E-state index in [2.05, 4.69) is 26.1 Å². The SMILES string of the molecule is COc1ccc(OC)c(CCC(=O)NC(C)CCC(C)C)c1. The Morgan fingerprint density at radius 2 is 1.86 bits per heavy atom. The Labute approximate surface area is 134 Å². The van der Waals surface area contributed by atoms with E-state index in [-0.39, 0.29) is 11.9 Å². The average Bonchev–Trinajstić information content (AvgIpc) is 2.50. The zero-order chi connectivity index (χ0) is 16.5. The number of carbonyl (C=O) groups is 1. The molecule has 4 nitrogen and oxygen atoms in total. The predicted molar refractivity (Wildman–Crippen MR) is 89.5 cm³/mol. The van der Waals surface area contributed by atoms with E-state index in [1.165, 1.54) is 0 Å². The second kappa shape index (κ2) is 9.34. The number of methoxy groups -OCH3 is 2. The standard InChI is InChI=1S/C18H29NO3/c1-13(2)6-7-14(3)19-18(20)11-8-15-12-16(21-4)9-10-17(15)22-5/h9-10,12-14H,6-8,11H2,1-5H3,(H,19,20). The van der Waals surface area contributed by atoms with Crippen molar-refractivity contribution < 1.29 is 14.3 Å². The van der Waals surface area contributed by atoms with Crippen molar-refractivity contribution in [3.63, 3.8) is 0 Å². The molecule has 1 atom stereocenters. The third-order valence-corrected chi connectivity index (χ3v) is 3.69. The minimum Gasteiger partial charge on any atom is -0.497 e. The number of ether oxygens (including phenoxy) is 2. The summed E-state index contributed by atoms with van der Waals surface area (Å²) in [7, 11) is 3.27. The summed E-state index contributed by atoms with van der Waals surface area (Å²) in [5.74, 6) is 2.32. The predicted octanol–water partition coefficient (Wildman–Crippen LogP) is 3.58. The first-order chi connectivity index (χ1) is 10.5. The summed E-state index contributed by atoms with van der Waals surface area (Å²) < 4.78 is 10.6. The quantitative estimate of drug-likeness (QED) is 0.758. The molecule has 1 aromatic rings. The number of benzene rings is 1. The maximum Gasteiger partial charge on any atom is 0.220 e. The molecule has 0 spiro atoms. The van der Waals surface area contributed by atoms with Crippen LogP contribution in [-0.4, -0.2) is 26.2 Å². The van der Waals surface area contributed by atoms with E-state index < -0.39 is 0 Å². The third-order valence-electron chi connectivity index (χ3n) is 3.69. The number of hydrogen-bond donors (Lipinski definition) is 1. The Kier molecular flexibility index (Phi) is 7.78. The number of hydrogen-bond acceptors (Lipinski definition) is 3. The van der Waals surface area contributed by atoms with Gasteiger partial charge in [-0.05, 0) is 55.9 Å². The van der Waals surface area contributed by atoms with Gasteiger partial charge in [-0.25, -0.2) is 0 Å². The van der Waals surface area contributed by atoms with Crippen molar-refractivity contribution in [2.45, 2.75) is 52.5 Å². The molecule has 0 aliphatic rings. The van der Waals surface area contributed by atoms with Crippen molar-refractivity contribution in [2.24, 2.45) is 5.92 Å². The van der Waals surface area contributed by atoms with E-state index in [0.717, 1.165) is 29.9 Å². The summed E-state index contributed by atoms with van der Waals surface area (Å²) >= 11 is 0. The van der Waals surface area contributed by atoms with Gasteiger partial charge in [0.1, 0.15) is 11.5 Å². The van der Waals surface area contributed by atoms with Crippen LogP contribution in [0.2, 0.25) is 0 Å². The molecule has 0 aliphatic carbocycles. The molecule has 1 rings (SSSR count). The van der Waals surface area contributed by atoms with Crippen molar-refractivity contribution in [2.75, 3.05) is 14.2 Å². The minimum atomic E-state index is 0.0844. The lowest BCUT2D eigenvalue weighted by Crippen LogP contribution is -2.32. The van der Waals surface area contributed by atoms with Crippen LogP contribution >= 0.6 is 0 Å². The molecule has 0 fully saturated rings. The van der Waals surface area contributed by atoms with Crippen LogP contribution in [0, 0.1) is 5.92 Å². The van der Waals surface area contributed by atoms with E-state index in [1.807, 2.05) is 18.2 Å². The second-order valence-corrected chi connectivity index (χ2v) is 6.12. The summed E-state index contributed by atoms with van der Waals surface area (Å²) in [5.41, 5.74) is 0.992. The highest BCUT2D eigenvalue weighted by atomic mass is 16.5. The van der Waals surface area contributed by atoms with Gasteiger partial charge in [0.15, 0.2) is 0 Å². The molecule has 0 radical (unpaired) electrons. The van der Waals surface area contributed by atoms with E-state index in [9.17, 15) is 4.79 Å². The van der Waals surface area contributed by atoms with E-state index in [4.69, 9.17) is 9.47 Å². The van der Waals surface area contributed by atoms with Crippen LogP contribution in [0.15, 0.2) is 18.2 Å². The number of rotatable bonds is 9. The molecule has 0 saturated heterocycles.